The Bertz CT molecular complexity index is 890. The Morgan fingerprint density at radius 3 is 2.55 bits per heavy atom. The van der Waals surface area contributed by atoms with E-state index in [1.807, 2.05) is 79.9 Å². The molecule has 1 heterocycles. The predicted molar refractivity (Wildman–Crippen MR) is 122 cm³/mol. The summed E-state index contributed by atoms with van der Waals surface area (Å²) in [5, 5.41) is 2.94. The number of rotatable bonds is 10. The van der Waals surface area contributed by atoms with Crippen LogP contribution in [0.1, 0.15) is 45.7 Å². The minimum absolute atomic E-state index is 0.0164. The second kappa shape index (κ2) is 10.4. The minimum Gasteiger partial charge on any atom is -0.492 e. The molecule has 1 aromatic heterocycles. The molecule has 31 heavy (non-hydrogen) atoms. The van der Waals surface area contributed by atoms with E-state index >= 15 is 0 Å². The summed E-state index contributed by atoms with van der Waals surface area (Å²) in [5.74, 6) is 0.606. The third-order valence-electron chi connectivity index (χ3n) is 5.81. The standard InChI is InChI=1S/C24H34N4O3/c1-5-18(3)27(24(30)25-21-11-7-8-12-22(21)31-6-2)17-23(29)28(19-13-14-19)16-20-10-9-15-26(20)4/h7-12,15,18-19H,5-6,13-14,16-17H2,1-4H3,(H,25,30). The van der Waals surface area contributed by atoms with Gasteiger partial charge in [0.25, 0.3) is 0 Å². The maximum absolute atomic E-state index is 13.3. The Morgan fingerprint density at radius 1 is 1.19 bits per heavy atom. The number of hydrogen-bond acceptors (Lipinski definition) is 3. The normalized spacial score (nSPS) is 14.1. The fraction of sp³-hybridized carbons (Fsp3) is 0.500. The summed E-state index contributed by atoms with van der Waals surface area (Å²) >= 11 is 0. The van der Waals surface area contributed by atoms with E-state index in [0.717, 1.165) is 25.0 Å². The molecule has 0 bridgehead atoms. The summed E-state index contributed by atoms with van der Waals surface area (Å²) in [4.78, 5) is 30.0. The SMILES string of the molecule is CCOc1ccccc1NC(=O)N(CC(=O)N(Cc1cccn1C)C1CC1)C(C)CC. The van der Waals surface area contributed by atoms with Crippen molar-refractivity contribution >= 4 is 17.6 Å². The van der Waals surface area contributed by atoms with Crippen molar-refractivity contribution in [3.63, 3.8) is 0 Å². The summed E-state index contributed by atoms with van der Waals surface area (Å²) in [5.41, 5.74) is 1.70. The third-order valence-corrected chi connectivity index (χ3v) is 5.81. The smallest absolute Gasteiger partial charge is 0.322 e. The molecule has 0 aliphatic heterocycles. The van der Waals surface area contributed by atoms with Gasteiger partial charge in [0, 0.05) is 31.0 Å². The van der Waals surface area contributed by atoms with Gasteiger partial charge < -0.3 is 24.4 Å². The number of ether oxygens (including phenoxy) is 1. The second-order valence-electron chi connectivity index (χ2n) is 8.11. The number of nitrogens with one attached hydrogen (secondary N) is 1. The summed E-state index contributed by atoms with van der Waals surface area (Å²) in [6, 6.07) is 11.3. The maximum Gasteiger partial charge on any atom is 0.322 e. The molecule has 3 amide bonds. The van der Waals surface area contributed by atoms with Crippen LogP contribution in [-0.2, 0) is 18.4 Å². The monoisotopic (exact) mass is 426 g/mol. The van der Waals surface area contributed by atoms with E-state index < -0.39 is 0 Å². The Balaban J connectivity index is 1.73. The number of aryl methyl sites for hydroxylation is 1. The average molecular weight is 427 g/mol. The molecule has 7 heteroatoms. The van der Waals surface area contributed by atoms with Crippen LogP contribution < -0.4 is 10.1 Å². The number of carbonyl (C=O) groups excluding carboxylic acids is 2. The van der Waals surface area contributed by atoms with Crippen molar-refractivity contribution in [3.05, 3.63) is 48.3 Å². The first-order chi connectivity index (χ1) is 14.9. The lowest BCUT2D eigenvalue weighted by atomic mass is 10.2. The highest BCUT2D eigenvalue weighted by atomic mass is 16.5. The van der Waals surface area contributed by atoms with Crippen LogP contribution in [0.4, 0.5) is 10.5 Å². The van der Waals surface area contributed by atoms with Gasteiger partial charge in [0.1, 0.15) is 12.3 Å². The highest BCUT2D eigenvalue weighted by Gasteiger charge is 2.35. The number of anilines is 1. The van der Waals surface area contributed by atoms with Gasteiger partial charge in [0.2, 0.25) is 5.91 Å². The van der Waals surface area contributed by atoms with Gasteiger partial charge in [-0.15, -0.1) is 0 Å². The Kier molecular flexibility index (Phi) is 7.60. The van der Waals surface area contributed by atoms with E-state index in [2.05, 4.69) is 5.32 Å². The van der Waals surface area contributed by atoms with Gasteiger partial charge in [-0.25, -0.2) is 4.79 Å². The number of para-hydroxylation sites is 2. The molecule has 168 valence electrons. The van der Waals surface area contributed by atoms with E-state index in [4.69, 9.17) is 4.74 Å². The largest absolute Gasteiger partial charge is 0.492 e. The summed E-state index contributed by atoms with van der Waals surface area (Å²) in [6.07, 6.45) is 4.79. The fourth-order valence-corrected chi connectivity index (χ4v) is 3.57. The second-order valence-corrected chi connectivity index (χ2v) is 8.11. The first-order valence-electron chi connectivity index (χ1n) is 11.1. The molecule has 7 nitrogen and oxygen atoms in total. The number of nitrogens with zero attached hydrogens (tertiary/aromatic N) is 3. The van der Waals surface area contributed by atoms with E-state index in [1.54, 1.807) is 4.90 Å². The van der Waals surface area contributed by atoms with Crippen LogP contribution in [0.5, 0.6) is 5.75 Å². The Morgan fingerprint density at radius 2 is 1.94 bits per heavy atom. The van der Waals surface area contributed by atoms with Gasteiger partial charge >= 0.3 is 6.03 Å². The number of aromatic nitrogens is 1. The molecule has 0 spiro atoms. The van der Waals surface area contributed by atoms with Crippen molar-refractivity contribution in [2.45, 2.75) is 58.7 Å². The third kappa shape index (κ3) is 5.81. The lowest BCUT2D eigenvalue weighted by Crippen LogP contribution is -2.48. The summed E-state index contributed by atoms with van der Waals surface area (Å²) < 4.78 is 7.66. The van der Waals surface area contributed by atoms with Crippen LogP contribution in [0.3, 0.4) is 0 Å². The molecule has 3 rings (SSSR count). The quantitative estimate of drug-likeness (QED) is 0.618. The molecule has 1 aliphatic rings. The highest BCUT2D eigenvalue weighted by Crippen LogP contribution is 2.29. The van der Waals surface area contributed by atoms with Gasteiger partial charge in [0.05, 0.1) is 18.8 Å². The van der Waals surface area contributed by atoms with E-state index in [9.17, 15) is 9.59 Å². The fourth-order valence-electron chi connectivity index (χ4n) is 3.57. The predicted octanol–water partition coefficient (Wildman–Crippen LogP) is 4.25. The van der Waals surface area contributed by atoms with Crippen molar-refractivity contribution in [2.75, 3.05) is 18.5 Å². The van der Waals surface area contributed by atoms with Crippen molar-refractivity contribution < 1.29 is 14.3 Å². The first-order valence-corrected chi connectivity index (χ1v) is 11.1. The molecule has 1 N–H and O–H groups in total. The van der Waals surface area contributed by atoms with Gasteiger partial charge in [-0.3, -0.25) is 4.79 Å². The maximum atomic E-state index is 13.3. The molecule has 1 atom stereocenters. The van der Waals surface area contributed by atoms with Gasteiger partial charge in [-0.05, 0) is 57.4 Å². The van der Waals surface area contributed by atoms with E-state index in [1.165, 1.54) is 0 Å². The summed E-state index contributed by atoms with van der Waals surface area (Å²) in [6.45, 7) is 7.03. The molecule has 2 aromatic rings. The molecule has 1 fully saturated rings. The van der Waals surface area contributed by atoms with Crippen LogP contribution in [0.25, 0.3) is 0 Å². The number of carbonyl (C=O) groups is 2. The first kappa shape index (κ1) is 22.7. The zero-order chi connectivity index (χ0) is 22.4. The van der Waals surface area contributed by atoms with Crippen molar-refractivity contribution in [1.29, 1.82) is 0 Å². The number of urea groups is 1. The molecular weight excluding hydrogens is 392 g/mol. The molecule has 0 radical (unpaired) electrons. The molecule has 1 aromatic carbocycles. The number of benzene rings is 1. The number of hydrogen-bond donors (Lipinski definition) is 1. The topological polar surface area (TPSA) is 66.8 Å². The van der Waals surface area contributed by atoms with Gasteiger partial charge in [0.15, 0.2) is 0 Å². The van der Waals surface area contributed by atoms with Crippen LogP contribution in [0.2, 0.25) is 0 Å². The van der Waals surface area contributed by atoms with Gasteiger partial charge in [-0.1, -0.05) is 19.1 Å². The molecule has 1 saturated carbocycles. The number of amides is 3. The van der Waals surface area contributed by atoms with Crippen molar-refractivity contribution in [3.8, 4) is 5.75 Å². The van der Waals surface area contributed by atoms with Crippen molar-refractivity contribution in [1.82, 2.24) is 14.4 Å². The zero-order valence-electron chi connectivity index (χ0n) is 19.0. The lowest BCUT2D eigenvalue weighted by molar-refractivity contribution is -0.133. The Labute approximate surface area is 185 Å². The van der Waals surface area contributed by atoms with Crippen molar-refractivity contribution in [2.24, 2.45) is 7.05 Å². The zero-order valence-corrected chi connectivity index (χ0v) is 19.0. The molecule has 1 unspecified atom stereocenters. The van der Waals surface area contributed by atoms with E-state index in [0.29, 0.717) is 24.6 Å². The van der Waals surface area contributed by atoms with Crippen LogP contribution in [0.15, 0.2) is 42.6 Å². The summed E-state index contributed by atoms with van der Waals surface area (Å²) in [7, 11) is 1.99. The lowest BCUT2D eigenvalue weighted by Gasteiger charge is -2.31. The average Bonchev–Trinajstić information content (AvgIpc) is 3.52. The van der Waals surface area contributed by atoms with Gasteiger partial charge in [-0.2, -0.15) is 0 Å². The van der Waals surface area contributed by atoms with E-state index in [-0.39, 0.29) is 30.6 Å². The molecule has 1 aliphatic carbocycles. The van der Waals surface area contributed by atoms with Crippen LogP contribution >= 0.6 is 0 Å². The molecule has 0 saturated heterocycles. The van der Waals surface area contributed by atoms with Crippen LogP contribution in [0, 0.1) is 0 Å². The highest BCUT2D eigenvalue weighted by molar-refractivity contribution is 5.93. The molecular formula is C24H34N4O3. The minimum atomic E-state index is -0.288. The Hall–Kier alpha value is -2.96. The van der Waals surface area contributed by atoms with Crippen LogP contribution in [-0.4, -0.2) is 51.5 Å².